The Hall–Kier alpha value is -3.98. The van der Waals surface area contributed by atoms with Crippen LogP contribution in [0.2, 0.25) is 5.15 Å². The first kappa shape index (κ1) is 19.0. The summed E-state index contributed by atoms with van der Waals surface area (Å²) in [6, 6.07) is 9.26. The van der Waals surface area contributed by atoms with E-state index in [-0.39, 0.29) is 28.7 Å². The zero-order chi connectivity index (χ0) is 21.5. The van der Waals surface area contributed by atoms with E-state index in [2.05, 4.69) is 20.2 Å². The number of furan rings is 1. The third-order valence-corrected chi connectivity index (χ3v) is 4.91. The van der Waals surface area contributed by atoms with Gasteiger partial charge in [0.05, 0.1) is 24.6 Å². The third kappa shape index (κ3) is 3.34. The molecule has 0 atom stereocenters. The number of rotatable bonds is 4. The molecule has 0 saturated heterocycles. The zero-order valence-corrected chi connectivity index (χ0v) is 16.5. The van der Waals surface area contributed by atoms with Gasteiger partial charge in [-0.05, 0) is 30.3 Å². The molecule has 10 heteroatoms. The second kappa shape index (κ2) is 7.37. The first-order valence-corrected chi connectivity index (χ1v) is 9.49. The molecule has 4 heterocycles. The van der Waals surface area contributed by atoms with Crippen LogP contribution in [0, 0.1) is 5.82 Å². The number of imidazole rings is 1. The molecular weight excluding hydrogens is 425 g/mol. The molecule has 0 saturated carbocycles. The minimum atomic E-state index is -0.832. The Morgan fingerprint density at radius 2 is 2.00 bits per heavy atom. The van der Waals surface area contributed by atoms with Crippen LogP contribution in [0.4, 0.5) is 4.39 Å². The van der Waals surface area contributed by atoms with Crippen LogP contribution in [0.25, 0.3) is 28.2 Å². The van der Waals surface area contributed by atoms with Gasteiger partial charge in [-0.1, -0.05) is 17.7 Å². The van der Waals surface area contributed by atoms with E-state index in [0.29, 0.717) is 28.4 Å². The average Bonchev–Trinajstić information content (AvgIpc) is 3.38. The SMILES string of the molecule is Oc1cccc(-c2cn3c(O)c(Cc4ccco4)nc3c(-c3cnnc(Cl)c3)n2)c1F. The van der Waals surface area contributed by atoms with Crippen LogP contribution in [0.15, 0.2) is 59.5 Å². The normalized spacial score (nSPS) is 11.3. The number of hydrogen-bond donors (Lipinski definition) is 2. The summed E-state index contributed by atoms with van der Waals surface area (Å²) in [7, 11) is 0. The highest BCUT2D eigenvalue weighted by Crippen LogP contribution is 2.34. The van der Waals surface area contributed by atoms with Crippen molar-refractivity contribution in [1.29, 1.82) is 0 Å². The van der Waals surface area contributed by atoms with Crippen LogP contribution in [0.3, 0.4) is 0 Å². The van der Waals surface area contributed by atoms with E-state index >= 15 is 0 Å². The molecule has 2 N–H and O–H groups in total. The largest absolute Gasteiger partial charge is 0.505 e. The molecule has 154 valence electrons. The van der Waals surface area contributed by atoms with Gasteiger partial charge < -0.3 is 14.6 Å². The summed E-state index contributed by atoms with van der Waals surface area (Å²) < 4.78 is 21.4. The topological polar surface area (TPSA) is 110 Å². The summed E-state index contributed by atoms with van der Waals surface area (Å²) in [6.45, 7) is 0. The van der Waals surface area contributed by atoms with Crippen molar-refractivity contribution in [2.24, 2.45) is 0 Å². The van der Waals surface area contributed by atoms with Gasteiger partial charge in [-0.25, -0.2) is 14.4 Å². The second-order valence-electron chi connectivity index (χ2n) is 6.71. The van der Waals surface area contributed by atoms with E-state index in [1.165, 1.54) is 47.3 Å². The van der Waals surface area contributed by atoms with Gasteiger partial charge in [0, 0.05) is 17.3 Å². The van der Waals surface area contributed by atoms with E-state index in [0.717, 1.165) is 0 Å². The Morgan fingerprint density at radius 3 is 2.77 bits per heavy atom. The standard InChI is InChI=1S/C21H13ClFN5O3/c22-17-7-11(9-24-27-17)19-20-26-14(8-12-3-2-6-31-12)21(30)28(20)10-15(25-19)13-4-1-5-16(29)18(13)23/h1-7,9-10,29-30H,8H2. The van der Waals surface area contributed by atoms with Gasteiger partial charge in [-0.15, -0.1) is 5.10 Å². The van der Waals surface area contributed by atoms with Gasteiger partial charge in [0.1, 0.15) is 17.1 Å². The van der Waals surface area contributed by atoms with Gasteiger partial charge in [0.25, 0.3) is 0 Å². The number of phenolic OH excluding ortho intramolecular Hbond substituents is 1. The molecule has 31 heavy (non-hydrogen) atoms. The fourth-order valence-electron chi connectivity index (χ4n) is 3.29. The Kier molecular flexibility index (Phi) is 4.52. The maximum absolute atomic E-state index is 14.6. The van der Waals surface area contributed by atoms with Gasteiger partial charge in [-0.3, -0.25) is 4.40 Å². The Balaban J connectivity index is 1.78. The highest BCUT2D eigenvalue weighted by molar-refractivity contribution is 6.29. The van der Waals surface area contributed by atoms with E-state index in [1.54, 1.807) is 12.1 Å². The summed E-state index contributed by atoms with van der Waals surface area (Å²) in [5, 5.41) is 28.3. The van der Waals surface area contributed by atoms with Gasteiger partial charge in [0.2, 0.25) is 5.88 Å². The Morgan fingerprint density at radius 1 is 1.13 bits per heavy atom. The fourth-order valence-corrected chi connectivity index (χ4v) is 3.45. The highest BCUT2D eigenvalue weighted by Gasteiger charge is 2.21. The molecular formula is C21H13ClFN5O3. The summed E-state index contributed by atoms with van der Waals surface area (Å²) >= 11 is 6.00. The third-order valence-electron chi connectivity index (χ3n) is 4.72. The highest BCUT2D eigenvalue weighted by atomic mass is 35.5. The minimum Gasteiger partial charge on any atom is -0.505 e. The molecule has 0 bridgehead atoms. The number of aromatic nitrogens is 5. The fraction of sp³-hybridized carbons (Fsp3) is 0.0476. The van der Waals surface area contributed by atoms with Crippen LogP contribution in [0.1, 0.15) is 11.5 Å². The number of benzene rings is 1. The minimum absolute atomic E-state index is 0.0527. The van der Waals surface area contributed by atoms with Crippen molar-refractivity contribution in [3.8, 4) is 34.1 Å². The van der Waals surface area contributed by atoms with E-state index < -0.39 is 11.6 Å². The first-order chi connectivity index (χ1) is 15.0. The lowest BCUT2D eigenvalue weighted by Crippen LogP contribution is -1.98. The maximum Gasteiger partial charge on any atom is 0.219 e. The zero-order valence-electron chi connectivity index (χ0n) is 15.7. The van der Waals surface area contributed by atoms with Crippen LogP contribution in [-0.4, -0.2) is 34.8 Å². The summed E-state index contributed by atoms with van der Waals surface area (Å²) in [5.41, 5.74) is 1.66. The van der Waals surface area contributed by atoms with Crippen molar-refractivity contribution in [2.45, 2.75) is 6.42 Å². The molecule has 8 nitrogen and oxygen atoms in total. The molecule has 0 aliphatic rings. The number of fused-ring (bicyclic) bond motifs is 1. The van der Waals surface area contributed by atoms with Crippen molar-refractivity contribution >= 4 is 17.2 Å². The maximum atomic E-state index is 14.6. The van der Waals surface area contributed by atoms with Crippen molar-refractivity contribution in [2.75, 3.05) is 0 Å². The molecule has 0 radical (unpaired) electrons. The number of nitrogens with zero attached hydrogens (tertiary/aromatic N) is 5. The number of phenols is 1. The summed E-state index contributed by atoms with van der Waals surface area (Å²) in [5.74, 6) is -0.879. The van der Waals surface area contributed by atoms with Crippen LogP contribution in [-0.2, 0) is 6.42 Å². The number of halogens is 2. The molecule has 0 aliphatic carbocycles. The van der Waals surface area contributed by atoms with Crippen LogP contribution < -0.4 is 0 Å². The van der Waals surface area contributed by atoms with Gasteiger partial charge in [0.15, 0.2) is 22.4 Å². The van der Waals surface area contributed by atoms with Crippen molar-refractivity contribution in [3.63, 3.8) is 0 Å². The smallest absolute Gasteiger partial charge is 0.219 e. The monoisotopic (exact) mass is 437 g/mol. The lowest BCUT2D eigenvalue weighted by atomic mass is 10.1. The number of aromatic hydroxyl groups is 2. The summed E-state index contributed by atoms with van der Waals surface area (Å²) in [6.07, 6.45) is 4.66. The molecule has 0 aliphatic heterocycles. The predicted octanol–water partition coefficient (Wildman–Crippen LogP) is 4.24. The second-order valence-corrected chi connectivity index (χ2v) is 7.10. The summed E-state index contributed by atoms with van der Waals surface area (Å²) in [4.78, 5) is 9.06. The average molecular weight is 438 g/mol. The molecule has 0 amide bonds. The van der Waals surface area contributed by atoms with Crippen molar-refractivity contribution < 1.29 is 19.0 Å². The van der Waals surface area contributed by atoms with Crippen LogP contribution >= 0.6 is 11.6 Å². The molecule has 0 spiro atoms. The quantitative estimate of drug-likeness (QED) is 0.432. The lowest BCUT2D eigenvalue weighted by molar-refractivity contribution is 0.433. The lowest BCUT2D eigenvalue weighted by Gasteiger charge is -2.09. The van der Waals surface area contributed by atoms with E-state index in [1.807, 2.05) is 0 Å². The molecule has 0 fully saturated rings. The molecule has 1 aromatic carbocycles. The van der Waals surface area contributed by atoms with E-state index in [4.69, 9.17) is 16.0 Å². The molecule has 5 aromatic rings. The van der Waals surface area contributed by atoms with E-state index in [9.17, 15) is 14.6 Å². The van der Waals surface area contributed by atoms with Crippen molar-refractivity contribution in [3.05, 3.63) is 77.5 Å². The number of hydrogen-bond acceptors (Lipinski definition) is 7. The van der Waals surface area contributed by atoms with Gasteiger partial charge >= 0.3 is 0 Å². The molecule has 5 rings (SSSR count). The predicted molar refractivity (Wildman–Crippen MR) is 109 cm³/mol. The molecule has 4 aromatic heterocycles. The first-order valence-electron chi connectivity index (χ1n) is 9.11. The van der Waals surface area contributed by atoms with Gasteiger partial charge in [-0.2, -0.15) is 5.10 Å². The Bertz CT molecular complexity index is 1420. The van der Waals surface area contributed by atoms with Crippen LogP contribution in [0.5, 0.6) is 11.6 Å². The molecule has 0 unspecified atom stereocenters. The Labute approximate surface area is 179 Å². The van der Waals surface area contributed by atoms with Crippen molar-refractivity contribution in [1.82, 2.24) is 24.6 Å².